The van der Waals surface area contributed by atoms with Crippen molar-refractivity contribution in [3.8, 4) is 0 Å². The van der Waals surface area contributed by atoms with Gasteiger partial charge in [0.25, 0.3) is 5.91 Å². The highest BCUT2D eigenvalue weighted by Crippen LogP contribution is 2.41. The number of benzene rings is 2. The third-order valence-corrected chi connectivity index (χ3v) is 8.59. The Labute approximate surface area is 173 Å². The summed E-state index contributed by atoms with van der Waals surface area (Å²) in [6.07, 6.45) is 0.629. The summed E-state index contributed by atoms with van der Waals surface area (Å²) in [6.45, 7) is 2.25. The standard InChI is InChI=1S/C21H21FN2O3S2/c1-13-11-15(22)7-8-18(13)29(26,27)24-10-9-14(12-24)19-16-5-3-4-6-17(16)28-20(19)21(25)23-2/h3-8,11,14H,9-10,12H2,1-2H3,(H,23,25). The Balaban J connectivity index is 1.71. The average Bonchev–Trinajstić information content (AvgIpc) is 3.32. The van der Waals surface area contributed by atoms with Crippen molar-refractivity contribution in [1.82, 2.24) is 9.62 Å². The molecule has 1 aliphatic rings. The van der Waals surface area contributed by atoms with E-state index in [2.05, 4.69) is 5.32 Å². The number of sulfonamides is 1. The van der Waals surface area contributed by atoms with Crippen molar-refractivity contribution in [2.45, 2.75) is 24.2 Å². The van der Waals surface area contributed by atoms with Gasteiger partial charge in [-0.3, -0.25) is 4.79 Å². The van der Waals surface area contributed by atoms with E-state index in [0.717, 1.165) is 15.6 Å². The minimum atomic E-state index is -3.73. The van der Waals surface area contributed by atoms with E-state index < -0.39 is 15.8 Å². The fourth-order valence-corrected chi connectivity index (χ4v) is 6.92. The molecule has 1 aliphatic heterocycles. The Morgan fingerprint density at radius 1 is 1.24 bits per heavy atom. The molecule has 0 saturated carbocycles. The Bertz CT molecular complexity index is 1200. The van der Waals surface area contributed by atoms with E-state index in [1.54, 1.807) is 14.0 Å². The maximum Gasteiger partial charge on any atom is 0.261 e. The third kappa shape index (κ3) is 3.45. The van der Waals surface area contributed by atoms with E-state index in [1.165, 1.54) is 33.8 Å². The maximum atomic E-state index is 13.4. The summed E-state index contributed by atoms with van der Waals surface area (Å²) in [5, 5.41) is 3.69. The highest BCUT2D eigenvalue weighted by Gasteiger charge is 2.36. The van der Waals surface area contributed by atoms with Crippen molar-refractivity contribution in [1.29, 1.82) is 0 Å². The number of rotatable bonds is 4. The number of amides is 1. The van der Waals surface area contributed by atoms with Crippen LogP contribution in [-0.2, 0) is 10.0 Å². The highest BCUT2D eigenvalue weighted by atomic mass is 32.2. The van der Waals surface area contributed by atoms with Crippen LogP contribution >= 0.6 is 11.3 Å². The molecule has 0 radical (unpaired) electrons. The molecule has 1 fully saturated rings. The lowest BCUT2D eigenvalue weighted by Gasteiger charge is -2.18. The fraction of sp³-hybridized carbons (Fsp3) is 0.286. The molecule has 0 bridgehead atoms. The van der Waals surface area contributed by atoms with Gasteiger partial charge >= 0.3 is 0 Å². The number of fused-ring (bicyclic) bond motifs is 1. The molecule has 1 amide bonds. The van der Waals surface area contributed by atoms with E-state index >= 15 is 0 Å². The largest absolute Gasteiger partial charge is 0.354 e. The molecule has 2 heterocycles. The summed E-state index contributed by atoms with van der Waals surface area (Å²) in [7, 11) is -2.14. The van der Waals surface area contributed by atoms with Gasteiger partial charge in [-0.05, 0) is 54.1 Å². The Morgan fingerprint density at radius 2 is 2.00 bits per heavy atom. The molecular formula is C21H21FN2O3S2. The lowest BCUT2D eigenvalue weighted by molar-refractivity contribution is 0.0966. The van der Waals surface area contributed by atoms with Crippen LogP contribution in [0.2, 0.25) is 0 Å². The Morgan fingerprint density at radius 3 is 2.72 bits per heavy atom. The van der Waals surface area contributed by atoms with Gasteiger partial charge in [0.15, 0.2) is 0 Å². The number of nitrogens with zero attached hydrogens (tertiary/aromatic N) is 1. The lowest BCUT2D eigenvalue weighted by Crippen LogP contribution is -2.29. The number of halogens is 1. The summed E-state index contributed by atoms with van der Waals surface area (Å²) < 4.78 is 42.2. The Kier molecular flexibility index (Phi) is 5.18. The van der Waals surface area contributed by atoms with Gasteiger partial charge in [-0.15, -0.1) is 11.3 Å². The van der Waals surface area contributed by atoms with Gasteiger partial charge in [-0.1, -0.05) is 18.2 Å². The summed E-state index contributed by atoms with van der Waals surface area (Å²) in [5.41, 5.74) is 1.30. The monoisotopic (exact) mass is 432 g/mol. The molecular weight excluding hydrogens is 411 g/mol. The number of hydrogen-bond acceptors (Lipinski definition) is 4. The van der Waals surface area contributed by atoms with Gasteiger partial charge < -0.3 is 5.32 Å². The van der Waals surface area contributed by atoms with Crippen molar-refractivity contribution in [2.24, 2.45) is 0 Å². The molecule has 8 heteroatoms. The van der Waals surface area contributed by atoms with Crippen LogP contribution in [0, 0.1) is 12.7 Å². The predicted molar refractivity (Wildman–Crippen MR) is 112 cm³/mol. The zero-order valence-corrected chi connectivity index (χ0v) is 17.7. The summed E-state index contributed by atoms with van der Waals surface area (Å²) in [5.74, 6) is -0.688. The van der Waals surface area contributed by atoms with Gasteiger partial charge in [0.2, 0.25) is 10.0 Å². The molecule has 0 spiro atoms. The van der Waals surface area contributed by atoms with Crippen LogP contribution in [0.3, 0.4) is 0 Å². The molecule has 1 N–H and O–H groups in total. The minimum Gasteiger partial charge on any atom is -0.354 e. The van der Waals surface area contributed by atoms with Gasteiger partial charge in [0.05, 0.1) is 9.77 Å². The summed E-state index contributed by atoms with van der Waals surface area (Å²) >= 11 is 1.43. The second-order valence-electron chi connectivity index (χ2n) is 7.18. The number of carbonyl (C=O) groups excluding carboxylic acids is 1. The van der Waals surface area contributed by atoms with E-state index in [9.17, 15) is 17.6 Å². The molecule has 1 atom stereocenters. The van der Waals surface area contributed by atoms with Crippen LogP contribution in [0.5, 0.6) is 0 Å². The fourth-order valence-electron chi connectivity index (χ4n) is 3.98. The number of carbonyl (C=O) groups is 1. The van der Waals surface area contributed by atoms with Crippen LogP contribution in [0.1, 0.15) is 33.1 Å². The molecule has 1 aromatic heterocycles. The quantitative estimate of drug-likeness (QED) is 0.680. The SMILES string of the molecule is CNC(=O)c1sc2ccccc2c1C1CCN(S(=O)(=O)c2ccc(F)cc2C)C1. The molecule has 3 aromatic rings. The zero-order chi connectivity index (χ0) is 20.8. The van der Waals surface area contributed by atoms with Crippen molar-refractivity contribution < 1.29 is 17.6 Å². The normalized spacial score (nSPS) is 17.7. The van der Waals surface area contributed by atoms with Gasteiger partial charge in [-0.2, -0.15) is 4.31 Å². The van der Waals surface area contributed by atoms with Crippen molar-refractivity contribution in [2.75, 3.05) is 20.1 Å². The number of aryl methyl sites for hydroxylation is 1. The van der Waals surface area contributed by atoms with Gasteiger partial charge in [0.1, 0.15) is 5.82 Å². The maximum absolute atomic E-state index is 13.4. The number of thiophene rings is 1. The second kappa shape index (κ2) is 7.51. The van der Waals surface area contributed by atoms with E-state index in [1.807, 2.05) is 24.3 Å². The van der Waals surface area contributed by atoms with Gasteiger partial charge in [0, 0.05) is 30.8 Å². The predicted octanol–water partition coefficient (Wildman–Crippen LogP) is 3.89. The molecule has 5 nitrogen and oxygen atoms in total. The molecule has 4 rings (SSSR count). The number of hydrogen-bond donors (Lipinski definition) is 1. The van der Waals surface area contributed by atoms with Crippen LogP contribution in [0.4, 0.5) is 4.39 Å². The summed E-state index contributed by atoms with van der Waals surface area (Å²) in [4.78, 5) is 13.2. The van der Waals surface area contributed by atoms with Crippen LogP contribution < -0.4 is 5.32 Å². The average molecular weight is 433 g/mol. The topological polar surface area (TPSA) is 66.5 Å². The molecule has 152 valence electrons. The van der Waals surface area contributed by atoms with Crippen molar-refractivity contribution in [3.05, 3.63) is 64.3 Å². The van der Waals surface area contributed by atoms with E-state index in [-0.39, 0.29) is 16.7 Å². The third-order valence-electron chi connectivity index (χ3n) is 5.38. The minimum absolute atomic E-state index is 0.0750. The van der Waals surface area contributed by atoms with Crippen LogP contribution in [0.15, 0.2) is 47.4 Å². The van der Waals surface area contributed by atoms with Crippen molar-refractivity contribution >= 4 is 37.4 Å². The van der Waals surface area contributed by atoms with Crippen LogP contribution in [-0.4, -0.2) is 38.8 Å². The summed E-state index contributed by atoms with van der Waals surface area (Å²) in [6, 6.07) is 11.5. The molecule has 29 heavy (non-hydrogen) atoms. The molecule has 0 aliphatic carbocycles. The number of nitrogens with one attached hydrogen (secondary N) is 1. The molecule has 1 unspecified atom stereocenters. The molecule has 1 saturated heterocycles. The molecule has 2 aromatic carbocycles. The lowest BCUT2D eigenvalue weighted by atomic mass is 9.95. The van der Waals surface area contributed by atoms with Gasteiger partial charge in [-0.25, -0.2) is 12.8 Å². The second-order valence-corrected chi connectivity index (χ2v) is 10.1. The first-order chi connectivity index (χ1) is 13.8. The zero-order valence-electron chi connectivity index (χ0n) is 16.1. The first-order valence-corrected chi connectivity index (χ1v) is 11.6. The van der Waals surface area contributed by atoms with Crippen molar-refractivity contribution in [3.63, 3.8) is 0 Å². The van der Waals surface area contributed by atoms with Crippen LogP contribution in [0.25, 0.3) is 10.1 Å². The first kappa shape index (κ1) is 20.0. The highest BCUT2D eigenvalue weighted by molar-refractivity contribution is 7.89. The Hall–Kier alpha value is -2.29. The van der Waals surface area contributed by atoms with E-state index in [0.29, 0.717) is 30.0 Å². The van der Waals surface area contributed by atoms with E-state index in [4.69, 9.17) is 0 Å². The first-order valence-electron chi connectivity index (χ1n) is 9.32. The smallest absolute Gasteiger partial charge is 0.261 e.